The highest BCUT2D eigenvalue weighted by atomic mass is 16.2. The zero-order chi connectivity index (χ0) is 20.2. The molecule has 7 nitrogen and oxygen atoms in total. The minimum atomic E-state index is 0.0746. The number of nitrogens with zero attached hydrogens (tertiary/aromatic N) is 6. The third-order valence-corrected chi connectivity index (χ3v) is 6.28. The van der Waals surface area contributed by atoms with Crippen molar-refractivity contribution in [2.45, 2.75) is 77.5 Å². The Morgan fingerprint density at radius 3 is 2.38 bits per heavy atom. The molecular formula is C22H32N6O. The highest BCUT2D eigenvalue weighted by molar-refractivity contribution is 5.76. The van der Waals surface area contributed by atoms with E-state index in [2.05, 4.69) is 58.4 Å². The summed E-state index contributed by atoms with van der Waals surface area (Å²) in [4.78, 5) is 18.7. The molecule has 1 aromatic heterocycles. The van der Waals surface area contributed by atoms with Crippen molar-refractivity contribution < 1.29 is 4.79 Å². The van der Waals surface area contributed by atoms with Crippen LogP contribution in [0.2, 0.25) is 0 Å². The van der Waals surface area contributed by atoms with Gasteiger partial charge in [0.05, 0.1) is 0 Å². The molecule has 0 saturated carbocycles. The molecule has 2 atom stereocenters. The van der Waals surface area contributed by atoms with Gasteiger partial charge in [-0.2, -0.15) is 4.80 Å². The summed E-state index contributed by atoms with van der Waals surface area (Å²) in [6, 6.07) is 8.96. The molecule has 1 aromatic carbocycles. The first-order valence-electron chi connectivity index (χ1n) is 11.0. The topological polar surface area (TPSA) is 67.2 Å². The molecule has 0 N–H and O–H groups in total. The summed E-state index contributed by atoms with van der Waals surface area (Å²) in [5.41, 5.74) is 2.25. The van der Waals surface area contributed by atoms with Gasteiger partial charge in [-0.05, 0) is 69.8 Å². The number of rotatable bonds is 5. The molecule has 2 fully saturated rings. The Balaban J connectivity index is 1.37. The second-order valence-electron chi connectivity index (χ2n) is 8.61. The number of tetrazole rings is 1. The summed E-state index contributed by atoms with van der Waals surface area (Å²) in [6.45, 7) is 7.79. The molecule has 29 heavy (non-hydrogen) atoms. The van der Waals surface area contributed by atoms with E-state index in [4.69, 9.17) is 0 Å². The first-order chi connectivity index (χ1) is 14.1. The molecule has 3 heterocycles. The van der Waals surface area contributed by atoms with E-state index in [0.717, 1.165) is 24.9 Å². The summed E-state index contributed by atoms with van der Waals surface area (Å²) in [7, 11) is 0. The molecule has 0 bridgehead atoms. The summed E-state index contributed by atoms with van der Waals surface area (Å²) >= 11 is 0. The van der Waals surface area contributed by atoms with Crippen molar-refractivity contribution >= 4 is 5.91 Å². The van der Waals surface area contributed by atoms with Crippen molar-refractivity contribution in [1.82, 2.24) is 30.0 Å². The van der Waals surface area contributed by atoms with Crippen LogP contribution in [0.15, 0.2) is 24.3 Å². The van der Waals surface area contributed by atoms with Crippen LogP contribution in [-0.2, 0) is 17.9 Å². The van der Waals surface area contributed by atoms with Crippen molar-refractivity contribution in [2.24, 2.45) is 0 Å². The van der Waals surface area contributed by atoms with Crippen LogP contribution in [0.4, 0.5) is 0 Å². The Bertz CT molecular complexity index is 801. The van der Waals surface area contributed by atoms with Crippen LogP contribution in [0, 0.1) is 0 Å². The number of aromatic nitrogens is 4. The van der Waals surface area contributed by atoms with E-state index in [1.54, 1.807) is 0 Å². The SMILES string of the molecule is CC1CCCC(C)N1C(=O)Cn1nnc(-c2ccc(CN3CCCCC3)cc2)n1. The minimum Gasteiger partial charge on any atom is -0.336 e. The molecule has 2 aliphatic rings. The monoisotopic (exact) mass is 396 g/mol. The molecule has 0 radical (unpaired) electrons. The quantitative estimate of drug-likeness (QED) is 0.777. The summed E-state index contributed by atoms with van der Waals surface area (Å²) in [5.74, 6) is 0.646. The first-order valence-corrected chi connectivity index (χ1v) is 11.0. The standard InChI is InChI=1S/C22H32N6O/c1-17-7-6-8-18(2)28(17)21(29)16-27-24-22(23-25-27)20-11-9-19(10-12-20)15-26-13-4-3-5-14-26/h9-12,17-18H,3-8,13-16H2,1-2H3. The number of hydrogen-bond acceptors (Lipinski definition) is 5. The maximum atomic E-state index is 12.8. The van der Waals surface area contributed by atoms with Gasteiger partial charge < -0.3 is 4.90 Å². The number of benzene rings is 1. The highest BCUT2D eigenvalue weighted by Gasteiger charge is 2.29. The normalized spacial score (nSPS) is 23.3. The third kappa shape index (κ3) is 4.83. The van der Waals surface area contributed by atoms with E-state index in [1.807, 2.05) is 4.90 Å². The van der Waals surface area contributed by atoms with Gasteiger partial charge in [0, 0.05) is 24.2 Å². The molecule has 0 aliphatic carbocycles. The zero-order valence-electron chi connectivity index (χ0n) is 17.6. The van der Waals surface area contributed by atoms with Gasteiger partial charge in [-0.15, -0.1) is 10.2 Å². The van der Waals surface area contributed by atoms with Gasteiger partial charge >= 0.3 is 0 Å². The van der Waals surface area contributed by atoms with Gasteiger partial charge in [0.1, 0.15) is 6.54 Å². The lowest BCUT2D eigenvalue weighted by molar-refractivity contribution is -0.138. The number of amides is 1. The Kier molecular flexibility index (Phi) is 6.23. The number of carbonyl (C=O) groups is 1. The molecule has 2 aliphatic heterocycles. The largest absolute Gasteiger partial charge is 0.336 e. The molecule has 4 rings (SSSR count). The van der Waals surface area contributed by atoms with Crippen LogP contribution >= 0.6 is 0 Å². The maximum absolute atomic E-state index is 12.8. The molecular weight excluding hydrogens is 364 g/mol. The fourth-order valence-corrected chi connectivity index (χ4v) is 4.68. The van der Waals surface area contributed by atoms with Crippen molar-refractivity contribution in [2.75, 3.05) is 13.1 Å². The summed E-state index contributed by atoms with van der Waals surface area (Å²) in [5, 5.41) is 12.7. The van der Waals surface area contributed by atoms with E-state index in [9.17, 15) is 4.79 Å². The predicted octanol–water partition coefficient (Wildman–Crippen LogP) is 3.12. The minimum absolute atomic E-state index is 0.0746. The molecule has 2 unspecified atom stereocenters. The third-order valence-electron chi connectivity index (χ3n) is 6.28. The smallest absolute Gasteiger partial charge is 0.246 e. The number of piperidine rings is 2. The Morgan fingerprint density at radius 1 is 1.00 bits per heavy atom. The van der Waals surface area contributed by atoms with Gasteiger partial charge in [-0.1, -0.05) is 30.7 Å². The highest BCUT2D eigenvalue weighted by Crippen LogP contribution is 2.23. The second kappa shape index (κ2) is 9.03. The molecule has 1 amide bonds. The van der Waals surface area contributed by atoms with Crippen LogP contribution in [0.5, 0.6) is 0 Å². The van der Waals surface area contributed by atoms with Gasteiger partial charge in [0.2, 0.25) is 11.7 Å². The van der Waals surface area contributed by atoms with Crippen LogP contribution in [0.25, 0.3) is 11.4 Å². The number of likely N-dealkylation sites (tertiary alicyclic amines) is 2. The average Bonchev–Trinajstić information content (AvgIpc) is 3.17. The maximum Gasteiger partial charge on any atom is 0.246 e. The Morgan fingerprint density at radius 2 is 1.69 bits per heavy atom. The van der Waals surface area contributed by atoms with Crippen molar-refractivity contribution in [1.29, 1.82) is 0 Å². The van der Waals surface area contributed by atoms with Gasteiger partial charge in [0.25, 0.3) is 0 Å². The fourth-order valence-electron chi connectivity index (χ4n) is 4.68. The van der Waals surface area contributed by atoms with E-state index < -0.39 is 0 Å². The van der Waals surface area contributed by atoms with E-state index >= 15 is 0 Å². The van der Waals surface area contributed by atoms with Gasteiger partial charge in [-0.25, -0.2) is 0 Å². The lowest BCUT2D eigenvalue weighted by Crippen LogP contribution is -2.48. The van der Waals surface area contributed by atoms with Gasteiger partial charge in [0.15, 0.2) is 0 Å². The zero-order valence-corrected chi connectivity index (χ0v) is 17.6. The molecule has 156 valence electrons. The van der Waals surface area contributed by atoms with Crippen LogP contribution in [0.1, 0.15) is 57.9 Å². The van der Waals surface area contributed by atoms with Crippen LogP contribution in [0.3, 0.4) is 0 Å². The van der Waals surface area contributed by atoms with Crippen LogP contribution in [-0.4, -0.2) is 61.1 Å². The molecule has 2 aromatic rings. The Hall–Kier alpha value is -2.28. The Labute approximate surface area is 173 Å². The second-order valence-corrected chi connectivity index (χ2v) is 8.61. The van der Waals surface area contributed by atoms with E-state index in [-0.39, 0.29) is 24.5 Å². The number of hydrogen-bond donors (Lipinski definition) is 0. The van der Waals surface area contributed by atoms with Crippen molar-refractivity contribution in [3.63, 3.8) is 0 Å². The van der Waals surface area contributed by atoms with Crippen molar-refractivity contribution in [3.05, 3.63) is 29.8 Å². The lowest BCUT2D eigenvalue weighted by Gasteiger charge is -2.38. The van der Waals surface area contributed by atoms with Gasteiger partial charge in [-0.3, -0.25) is 9.69 Å². The van der Waals surface area contributed by atoms with E-state index in [0.29, 0.717) is 5.82 Å². The average molecular weight is 397 g/mol. The lowest BCUT2D eigenvalue weighted by atomic mass is 9.97. The van der Waals surface area contributed by atoms with E-state index in [1.165, 1.54) is 49.1 Å². The van der Waals surface area contributed by atoms with Crippen LogP contribution < -0.4 is 0 Å². The molecule has 7 heteroatoms. The van der Waals surface area contributed by atoms with Crippen molar-refractivity contribution in [3.8, 4) is 11.4 Å². The first kappa shape index (κ1) is 20.0. The number of carbonyl (C=O) groups excluding carboxylic acids is 1. The summed E-state index contributed by atoms with van der Waals surface area (Å²) < 4.78 is 0. The summed E-state index contributed by atoms with van der Waals surface area (Å²) in [6.07, 6.45) is 7.28. The molecule has 0 spiro atoms. The fraction of sp³-hybridized carbons (Fsp3) is 0.636. The molecule has 2 saturated heterocycles. The predicted molar refractivity (Wildman–Crippen MR) is 112 cm³/mol.